The minimum Gasteiger partial charge on any atom is -0.485 e. The van der Waals surface area contributed by atoms with Crippen LogP contribution in [0.15, 0.2) is 54.6 Å². The fraction of sp³-hybridized carbons (Fsp3) is 0.278. The lowest BCUT2D eigenvalue weighted by molar-refractivity contribution is -0.120. The van der Waals surface area contributed by atoms with E-state index in [9.17, 15) is 13.6 Å². The number of para-hydroxylation sites is 2. The van der Waals surface area contributed by atoms with Crippen LogP contribution in [0.25, 0.3) is 0 Å². The monoisotopic (exact) mass is 368 g/mol. The van der Waals surface area contributed by atoms with Crippen molar-refractivity contribution in [2.45, 2.75) is 18.4 Å². The number of ether oxygens (including phenoxy) is 1. The molecule has 0 fully saturated rings. The first-order valence-electron chi connectivity index (χ1n) is 7.67. The van der Waals surface area contributed by atoms with Crippen molar-refractivity contribution in [2.75, 3.05) is 18.1 Å². The van der Waals surface area contributed by atoms with Gasteiger partial charge >= 0.3 is 0 Å². The Morgan fingerprint density at radius 3 is 2.52 bits per heavy atom. The zero-order valence-electron chi connectivity index (χ0n) is 13.4. The highest BCUT2D eigenvalue weighted by Crippen LogP contribution is 2.35. The van der Waals surface area contributed by atoms with Crippen LogP contribution in [0.5, 0.6) is 5.75 Å². The van der Waals surface area contributed by atoms with Crippen molar-refractivity contribution < 1.29 is 18.3 Å². The normalized spacial score (nSPS) is 16.7. The maximum atomic E-state index is 14.0. The number of nitrogens with two attached hydrogens (primary N) is 1. The lowest BCUT2D eigenvalue weighted by Crippen LogP contribution is -2.42. The minimum atomic E-state index is -3.12. The predicted octanol–water partition coefficient (Wildman–Crippen LogP) is 3.56. The molecule has 1 unspecified atom stereocenters. The molecule has 2 aromatic carbocycles. The summed E-state index contributed by atoms with van der Waals surface area (Å²) in [6, 6.07) is 15.1. The number of amides is 1. The Bertz CT molecular complexity index is 728. The average molecular weight is 369 g/mol. The summed E-state index contributed by atoms with van der Waals surface area (Å²) in [5.41, 5.74) is 7.20. The van der Waals surface area contributed by atoms with E-state index in [1.165, 1.54) is 0 Å². The molecule has 0 saturated carbocycles. The number of rotatable bonds is 3. The molecule has 0 bridgehead atoms. The highest BCUT2D eigenvalue weighted by Gasteiger charge is 2.39. The van der Waals surface area contributed by atoms with Crippen molar-refractivity contribution in [3.63, 3.8) is 0 Å². The summed E-state index contributed by atoms with van der Waals surface area (Å²) in [7, 11) is 0. The van der Waals surface area contributed by atoms with Gasteiger partial charge in [-0.1, -0.05) is 42.5 Å². The number of hydrogen-bond donors (Lipinski definition) is 1. The summed E-state index contributed by atoms with van der Waals surface area (Å²) in [6.07, 6.45) is -0.0611. The Kier molecular flexibility index (Phi) is 5.98. The number of nitrogens with zero attached hydrogens (tertiary/aromatic N) is 1. The SMILES string of the molecule is Cl.NC(CC(=O)N1CC(F)(F)COc2ccccc21)c1ccccc1. The molecule has 1 heterocycles. The summed E-state index contributed by atoms with van der Waals surface area (Å²) >= 11 is 0. The van der Waals surface area contributed by atoms with E-state index in [1.807, 2.05) is 30.3 Å². The topological polar surface area (TPSA) is 55.6 Å². The standard InChI is InChI=1S/C18H18F2N2O2.ClH/c19-18(20)11-22(15-8-4-5-9-16(15)24-12-18)17(23)10-14(21)13-6-2-1-3-7-13;/h1-9,14H,10-12,21H2;1H. The molecular weight excluding hydrogens is 350 g/mol. The van der Waals surface area contributed by atoms with Gasteiger partial charge in [0, 0.05) is 12.5 Å². The highest BCUT2D eigenvalue weighted by atomic mass is 35.5. The average Bonchev–Trinajstić information content (AvgIpc) is 2.72. The van der Waals surface area contributed by atoms with E-state index in [-0.39, 0.29) is 24.6 Å². The van der Waals surface area contributed by atoms with Crippen molar-refractivity contribution in [1.29, 1.82) is 0 Å². The van der Waals surface area contributed by atoms with E-state index >= 15 is 0 Å². The molecule has 2 aromatic rings. The summed E-state index contributed by atoms with van der Waals surface area (Å²) in [4.78, 5) is 13.7. The summed E-state index contributed by atoms with van der Waals surface area (Å²) in [5, 5.41) is 0. The number of halogens is 3. The number of hydrogen-bond acceptors (Lipinski definition) is 3. The van der Waals surface area contributed by atoms with Gasteiger partial charge in [0.05, 0.1) is 12.2 Å². The molecule has 0 radical (unpaired) electrons. The number of benzene rings is 2. The van der Waals surface area contributed by atoms with Gasteiger partial charge in [0.15, 0.2) is 6.61 Å². The molecule has 1 aliphatic heterocycles. The van der Waals surface area contributed by atoms with Crippen LogP contribution in [0.4, 0.5) is 14.5 Å². The van der Waals surface area contributed by atoms with Gasteiger partial charge in [-0.05, 0) is 17.7 Å². The van der Waals surface area contributed by atoms with Crippen LogP contribution < -0.4 is 15.4 Å². The summed E-state index contributed by atoms with van der Waals surface area (Å²) in [5.74, 6) is -3.30. The van der Waals surface area contributed by atoms with E-state index < -0.39 is 31.0 Å². The highest BCUT2D eigenvalue weighted by molar-refractivity contribution is 5.95. The molecule has 0 spiro atoms. The Labute approximate surface area is 151 Å². The summed E-state index contributed by atoms with van der Waals surface area (Å²) < 4.78 is 33.1. The number of carbonyl (C=O) groups is 1. The fourth-order valence-corrected chi connectivity index (χ4v) is 2.69. The second kappa shape index (κ2) is 7.80. The number of anilines is 1. The van der Waals surface area contributed by atoms with E-state index in [2.05, 4.69) is 0 Å². The zero-order valence-corrected chi connectivity index (χ0v) is 14.2. The molecule has 3 rings (SSSR count). The van der Waals surface area contributed by atoms with E-state index in [1.54, 1.807) is 24.3 Å². The molecule has 1 aliphatic rings. The smallest absolute Gasteiger partial charge is 0.298 e. The van der Waals surface area contributed by atoms with Crippen LogP contribution in [0.3, 0.4) is 0 Å². The Balaban J connectivity index is 0.00000225. The Hall–Kier alpha value is -2.18. The molecule has 0 aliphatic carbocycles. The van der Waals surface area contributed by atoms with Crippen LogP contribution in [-0.4, -0.2) is 25.0 Å². The van der Waals surface area contributed by atoms with Crippen LogP contribution in [0, 0.1) is 0 Å². The Morgan fingerprint density at radius 1 is 1.16 bits per heavy atom. The van der Waals surface area contributed by atoms with Crippen molar-refractivity contribution in [2.24, 2.45) is 5.73 Å². The minimum absolute atomic E-state index is 0. The van der Waals surface area contributed by atoms with E-state index in [0.29, 0.717) is 5.69 Å². The van der Waals surface area contributed by atoms with Gasteiger partial charge in [-0.2, -0.15) is 0 Å². The van der Waals surface area contributed by atoms with Crippen LogP contribution in [0.1, 0.15) is 18.0 Å². The molecule has 4 nitrogen and oxygen atoms in total. The Morgan fingerprint density at radius 2 is 1.80 bits per heavy atom. The molecular formula is C18H19ClF2N2O2. The van der Waals surface area contributed by atoms with Gasteiger partial charge < -0.3 is 15.4 Å². The van der Waals surface area contributed by atoms with Crippen LogP contribution in [-0.2, 0) is 4.79 Å². The van der Waals surface area contributed by atoms with Crippen LogP contribution >= 0.6 is 12.4 Å². The fourth-order valence-electron chi connectivity index (χ4n) is 2.69. The largest absolute Gasteiger partial charge is 0.485 e. The van der Waals surface area contributed by atoms with E-state index in [0.717, 1.165) is 10.5 Å². The first kappa shape index (κ1) is 19.1. The maximum absolute atomic E-state index is 14.0. The molecule has 1 amide bonds. The molecule has 2 N–H and O–H groups in total. The third-order valence-electron chi connectivity index (χ3n) is 3.91. The lowest BCUT2D eigenvalue weighted by Gasteiger charge is -2.25. The number of fused-ring (bicyclic) bond motifs is 1. The molecule has 25 heavy (non-hydrogen) atoms. The van der Waals surface area contributed by atoms with Crippen molar-refractivity contribution in [3.8, 4) is 5.75 Å². The number of alkyl halides is 2. The molecule has 0 saturated heterocycles. The quantitative estimate of drug-likeness (QED) is 0.901. The molecule has 1 atom stereocenters. The van der Waals surface area contributed by atoms with Crippen LogP contribution in [0.2, 0.25) is 0 Å². The van der Waals surface area contributed by atoms with Gasteiger partial charge in [-0.3, -0.25) is 4.79 Å². The lowest BCUT2D eigenvalue weighted by atomic mass is 10.0. The second-order valence-electron chi connectivity index (χ2n) is 5.81. The van der Waals surface area contributed by atoms with Gasteiger partial charge in [-0.25, -0.2) is 8.78 Å². The zero-order chi connectivity index (χ0) is 17.2. The molecule has 134 valence electrons. The van der Waals surface area contributed by atoms with E-state index in [4.69, 9.17) is 10.5 Å². The van der Waals surface area contributed by atoms with Crippen molar-refractivity contribution >= 4 is 24.0 Å². The van der Waals surface area contributed by atoms with Gasteiger partial charge in [0.25, 0.3) is 5.92 Å². The third-order valence-corrected chi connectivity index (χ3v) is 3.91. The first-order valence-corrected chi connectivity index (χ1v) is 7.67. The summed E-state index contributed by atoms with van der Waals surface area (Å²) in [6.45, 7) is -1.47. The van der Waals surface area contributed by atoms with Gasteiger partial charge in [0.1, 0.15) is 5.75 Å². The maximum Gasteiger partial charge on any atom is 0.298 e. The molecule has 7 heteroatoms. The molecule has 0 aromatic heterocycles. The van der Waals surface area contributed by atoms with Crippen molar-refractivity contribution in [3.05, 3.63) is 60.2 Å². The second-order valence-corrected chi connectivity index (χ2v) is 5.81. The third kappa shape index (κ3) is 4.46. The van der Waals surface area contributed by atoms with Gasteiger partial charge in [0.2, 0.25) is 5.91 Å². The first-order chi connectivity index (χ1) is 11.5. The predicted molar refractivity (Wildman–Crippen MR) is 94.5 cm³/mol. The van der Waals surface area contributed by atoms with Gasteiger partial charge in [-0.15, -0.1) is 12.4 Å². The van der Waals surface area contributed by atoms with Crippen molar-refractivity contribution in [1.82, 2.24) is 0 Å². The number of carbonyl (C=O) groups excluding carboxylic acids is 1.